The summed E-state index contributed by atoms with van der Waals surface area (Å²) in [7, 11) is -3.12. The number of pyridine rings is 1. The monoisotopic (exact) mass is 240 g/mol. The fourth-order valence-corrected chi connectivity index (χ4v) is 1.81. The Morgan fingerprint density at radius 1 is 1.44 bits per heavy atom. The number of aryl methyl sites for hydroxylation is 1. The van der Waals surface area contributed by atoms with Gasteiger partial charge < -0.3 is 4.57 Å². The van der Waals surface area contributed by atoms with Crippen molar-refractivity contribution in [2.45, 2.75) is 13.5 Å². The predicted molar refractivity (Wildman–Crippen MR) is 59.9 cm³/mol. The smallest absolute Gasteiger partial charge is 0.268 e. The minimum absolute atomic E-state index is 0.0269. The van der Waals surface area contributed by atoms with E-state index < -0.39 is 15.4 Å². The zero-order valence-corrected chi connectivity index (χ0v) is 9.91. The van der Waals surface area contributed by atoms with Crippen LogP contribution in [0.2, 0.25) is 0 Å². The number of aromatic nitrogens is 1. The van der Waals surface area contributed by atoms with Crippen molar-refractivity contribution in [3.05, 3.63) is 33.7 Å². The molecular weight excluding hydrogens is 228 g/mol. The van der Waals surface area contributed by atoms with Crippen LogP contribution < -0.4 is 5.56 Å². The second-order valence-corrected chi connectivity index (χ2v) is 5.85. The number of nitrogens with zero attached hydrogens (tertiary/aromatic N) is 2. The minimum atomic E-state index is -3.12. The molecule has 5 nitrogen and oxygen atoms in total. The van der Waals surface area contributed by atoms with Gasteiger partial charge >= 0.3 is 0 Å². The van der Waals surface area contributed by atoms with Crippen LogP contribution in [0.25, 0.3) is 0 Å². The summed E-state index contributed by atoms with van der Waals surface area (Å²) in [5.41, 5.74) is 0.234. The molecule has 0 aliphatic rings. The molecule has 86 valence electrons. The van der Waals surface area contributed by atoms with Crippen molar-refractivity contribution in [1.82, 2.24) is 4.57 Å². The first-order chi connectivity index (χ1) is 7.35. The summed E-state index contributed by atoms with van der Waals surface area (Å²) in [5.74, 6) is -0.109. The molecule has 16 heavy (non-hydrogen) atoms. The van der Waals surface area contributed by atoms with E-state index >= 15 is 0 Å². The van der Waals surface area contributed by atoms with Gasteiger partial charge in [0.15, 0.2) is 0 Å². The first kappa shape index (κ1) is 12.5. The van der Waals surface area contributed by atoms with Gasteiger partial charge in [-0.3, -0.25) is 4.79 Å². The number of rotatable bonds is 3. The summed E-state index contributed by atoms with van der Waals surface area (Å²) >= 11 is 0. The summed E-state index contributed by atoms with van der Waals surface area (Å²) in [6, 6.07) is 4.84. The van der Waals surface area contributed by atoms with Crippen molar-refractivity contribution in [2.75, 3.05) is 12.0 Å². The second-order valence-electron chi connectivity index (χ2n) is 3.59. The summed E-state index contributed by atoms with van der Waals surface area (Å²) < 4.78 is 23.3. The molecule has 6 heteroatoms. The SMILES string of the molecule is Cc1ccc(C#N)c(=O)n1CCS(C)(=O)=O. The van der Waals surface area contributed by atoms with E-state index in [1.807, 2.05) is 0 Å². The molecular formula is C10H12N2O3S. The van der Waals surface area contributed by atoms with Crippen LogP contribution in [0, 0.1) is 18.3 Å². The molecule has 0 fully saturated rings. The molecule has 0 saturated carbocycles. The van der Waals surface area contributed by atoms with Crippen LogP contribution in [-0.4, -0.2) is 25.0 Å². The number of nitriles is 1. The molecule has 0 saturated heterocycles. The predicted octanol–water partition coefficient (Wildman–Crippen LogP) is 0.0730. The van der Waals surface area contributed by atoms with Gasteiger partial charge in [-0.25, -0.2) is 8.42 Å². The van der Waals surface area contributed by atoms with E-state index in [0.29, 0.717) is 5.69 Å². The normalized spacial score (nSPS) is 11.1. The highest BCUT2D eigenvalue weighted by molar-refractivity contribution is 7.90. The Hall–Kier alpha value is -1.61. The highest BCUT2D eigenvalue weighted by atomic mass is 32.2. The van der Waals surface area contributed by atoms with Gasteiger partial charge in [-0.15, -0.1) is 0 Å². The van der Waals surface area contributed by atoms with Crippen LogP contribution in [0.15, 0.2) is 16.9 Å². The Labute approximate surface area is 93.9 Å². The van der Waals surface area contributed by atoms with Crippen LogP contribution in [0.5, 0.6) is 0 Å². The summed E-state index contributed by atoms with van der Waals surface area (Å²) in [5, 5.41) is 8.68. The number of sulfone groups is 1. The Balaban J connectivity index is 3.15. The minimum Gasteiger partial charge on any atom is -0.311 e. The molecule has 0 spiro atoms. The molecule has 0 aliphatic carbocycles. The van der Waals surface area contributed by atoms with Crippen molar-refractivity contribution >= 4 is 9.84 Å². The maximum atomic E-state index is 11.7. The topological polar surface area (TPSA) is 79.9 Å². The molecule has 0 radical (unpaired) electrons. The van der Waals surface area contributed by atoms with Crippen molar-refractivity contribution in [3.63, 3.8) is 0 Å². The van der Waals surface area contributed by atoms with Gasteiger partial charge in [-0.05, 0) is 19.1 Å². The third-order valence-corrected chi connectivity index (χ3v) is 3.12. The van der Waals surface area contributed by atoms with Gasteiger partial charge in [0.05, 0.1) is 5.75 Å². The van der Waals surface area contributed by atoms with E-state index in [4.69, 9.17) is 5.26 Å². The molecule has 0 unspecified atom stereocenters. The molecule has 1 aromatic heterocycles. The van der Waals surface area contributed by atoms with E-state index in [9.17, 15) is 13.2 Å². The van der Waals surface area contributed by atoms with Crippen LogP contribution in [0.3, 0.4) is 0 Å². The number of hydrogen-bond donors (Lipinski definition) is 0. The zero-order chi connectivity index (χ0) is 12.3. The first-order valence-electron chi connectivity index (χ1n) is 4.63. The van der Waals surface area contributed by atoms with Crippen molar-refractivity contribution in [1.29, 1.82) is 5.26 Å². The lowest BCUT2D eigenvalue weighted by atomic mass is 10.2. The molecule has 0 aromatic carbocycles. The summed E-state index contributed by atoms with van der Waals surface area (Å²) in [6.07, 6.45) is 1.11. The van der Waals surface area contributed by atoms with E-state index in [1.54, 1.807) is 19.1 Å². The summed E-state index contributed by atoms with van der Waals surface area (Å²) in [4.78, 5) is 11.7. The third-order valence-electron chi connectivity index (χ3n) is 2.20. The summed E-state index contributed by atoms with van der Waals surface area (Å²) in [6.45, 7) is 1.78. The second kappa shape index (κ2) is 4.49. The highest BCUT2D eigenvalue weighted by Crippen LogP contribution is 1.98. The average molecular weight is 240 g/mol. The van der Waals surface area contributed by atoms with E-state index in [2.05, 4.69) is 0 Å². The molecule has 0 atom stereocenters. The Kier molecular flexibility index (Phi) is 3.50. The van der Waals surface area contributed by atoms with Crippen molar-refractivity contribution < 1.29 is 8.42 Å². The number of hydrogen-bond acceptors (Lipinski definition) is 4. The van der Waals surface area contributed by atoms with E-state index in [0.717, 1.165) is 6.26 Å². The van der Waals surface area contributed by atoms with Gasteiger partial charge in [0.1, 0.15) is 21.5 Å². The fraction of sp³-hybridized carbons (Fsp3) is 0.400. The molecule has 0 N–H and O–H groups in total. The lowest BCUT2D eigenvalue weighted by Crippen LogP contribution is -2.27. The van der Waals surface area contributed by atoms with Crippen LogP contribution >= 0.6 is 0 Å². The molecule has 0 aliphatic heterocycles. The maximum Gasteiger partial charge on any atom is 0.268 e. The molecule has 0 amide bonds. The van der Waals surface area contributed by atoms with Gasteiger partial charge in [0.2, 0.25) is 0 Å². The van der Waals surface area contributed by atoms with Crippen LogP contribution in [0.1, 0.15) is 11.3 Å². The quantitative estimate of drug-likeness (QED) is 0.749. The van der Waals surface area contributed by atoms with Crippen LogP contribution in [0.4, 0.5) is 0 Å². The molecule has 1 heterocycles. The molecule has 1 aromatic rings. The average Bonchev–Trinajstić information content (AvgIpc) is 2.16. The standard InChI is InChI=1S/C10H12N2O3S/c1-8-3-4-9(7-11)10(13)12(8)5-6-16(2,14)15/h3-4H,5-6H2,1-2H3. The Morgan fingerprint density at radius 2 is 2.06 bits per heavy atom. The lowest BCUT2D eigenvalue weighted by Gasteiger charge is -2.08. The Morgan fingerprint density at radius 3 is 2.56 bits per heavy atom. The lowest BCUT2D eigenvalue weighted by molar-refractivity contribution is 0.591. The van der Waals surface area contributed by atoms with Gasteiger partial charge in [0, 0.05) is 18.5 Å². The van der Waals surface area contributed by atoms with Gasteiger partial charge in [-0.2, -0.15) is 5.26 Å². The third kappa shape index (κ3) is 2.94. The maximum absolute atomic E-state index is 11.7. The van der Waals surface area contributed by atoms with Crippen molar-refractivity contribution in [3.8, 4) is 6.07 Å². The molecule has 1 rings (SSSR count). The van der Waals surface area contributed by atoms with Crippen LogP contribution in [-0.2, 0) is 16.4 Å². The van der Waals surface area contributed by atoms with Gasteiger partial charge in [-0.1, -0.05) is 0 Å². The first-order valence-corrected chi connectivity index (χ1v) is 6.69. The van der Waals surface area contributed by atoms with E-state index in [-0.39, 0.29) is 17.9 Å². The fourth-order valence-electron chi connectivity index (χ4n) is 1.29. The van der Waals surface area contributed by atoms with Crippen molar-refractivity contribution in [2.24, 2.45) is 0 Å². The Bertz CT molecular complexity index is 593. The zero-order valence-electron chi connectivity index (χ0n) is 9.10. The van der Waals surface area contributed by atoms with Gasteiger partial charge in [0.25, 0.3) is 5.56 Å². The largest absolute Gasteiger partial charge is 0.311 e. The highest BCUT2D eigenvalue weighted by Gasteiger charge is 2.08. The van der Waals surface area contributed by atoms with E-state index in [1.165, 1.54) is 10.6 Å². The molecule has 0 bridgehead atoms.